The predicted octanol–water partition coefficient (Wildman–Crippen LogP) is 3.05. The van der Waals surface area contributed by atoms with Crippen LogP contribution in [0.2, 0.25) is 0 Å². The number of para-hydroxylation sites is 1. The molecule has 0 saturated carbocycles. The number of amides is 1. The zero-order valence-corrected chi connectivity index (χ0v) is 21.7. The van der Waals surface area contributed by atoms with Crippen molar-refractivity contribution in [3.05, 3.63) is 75.7 Å². The van der Waals surface area contributed by atoms with Gasteiger partial charge in [-0.25, -0.2) is 0 Å². The Morgan fingerprint density at radius 2 is 1.81 bits per heavy atom. The molecule has 0 unspecified atom stereocenters. The number of pyridine rings is 1. The van der Waals surface area contributed by atoms with Crippen molar-refractivity contribution in [2.75, 3.05) is 33.4 Å². The standard InChI is InChI=1S/C29H34N4O4/c1-19-8-10-20(11-9-19)18-33-23-7-5-4-6-22(23)25-24(29(33)36)27(37-3)26(31(25)2)28(35)30-21-12-14-32(15-13-21)16-17-34/h4-11,21,34H,12-18H2,1-3H3,(H,30,35). The maximum atomic E-state index is 14.0. The topological polar surface area (TPSA) is 88.7 Å². The number of β-amino-alcohol motifs (C(OH)–C–C–N with tert-alkyl or cyclic N) is 1. The Balaban J connectivity index is 1.59. The molecule has 2 aromatic carbocycles. The molecular formula is C29H34N4O4. The monoisotopic (exact) mass is 502 g/mol. The third-order valence-electron chi connectivity index (χ3n) is 7.48. The van der Waals surface area contributed by atoms with Gasteiger partial charge in [-0.2, -0.15) is 0 Å². The second-order valence-electron chi connectivity index (χ2n) is 9.87. The summed E-state index contributed by atoms with van der Waals surface area (Å²) in [4.78, 5) is 29.7. The highest BCUT2D eigenvalue weighted by Crippen LogP contribution is 2.35. The van der Waals surface area contributed by atoms with E-state index < -0.39 is 0 Å². The number of piperidine rings is 1. The number of carbonyl (C=O) groups excluding carboxylic acids is 1. The van der Waals surface area contributed by atoms with Crippen LogP contribution < -0.4 is 15.6 Å². The Morgan fingerprint density at radius 3 is 2.49 bits per heavy atom. The van der Waals surface area contributed by atoms with Gasteiger partial charge in [-0.05, 0) is 31.4 Å². The number of carbonyl (C=O) groups is 1. The Bertz CT molecular complexity index is 1490. The quantitative estimate of drug-likeness (QED) is 0.406. The molecule has 0 spiro atoms. The van der Waals surface area contributed by atoms with Crippen LogP contribution in [0.3, 0.4) is 0 Å². The smallest absolute Gasteiger partial charge is 0.272 e. The van der Waals surface area contributed by atoms with Crippen LogP contribution in [0.4, 0.5) is 0 Å². The lowest BCUT2D eigenvalue weighted by molar-refractivity contribution is 0.0892. The van der Waals surface area contributed by atoms with E-state index in [0.29, 0.717) is 35.4 Å². The molecule has 0 atom stereocenters. The fourth-order valence-corrected chi connectivity index (χ4v) is 5.51. The van der Waals surface area contributed by atoms with Crippen LogP contribution in [0, 0.1) is 6.92 Å². The van der Waals surface area contributed by atoms with Crippen LogP contribution in [-0.2, 0) is 13.6 Å². The summed E-state index contributed by atoms with van der Waals surface area (Å²) in [6, 6.07) is 16.0. The highest BCUT2D eigenvalue weighted by Gasteiger charge is 2.29. The summed E-state index contributed by atoms with van der Waals surface area (Å²) < 4.78 is 9.32. The molecule has 1 amide bonds. The van der Waals surface area contributed by atoms with Crippen LogP contribution in [0.25, 0.3) is 21.8 Å². The molecule has 37 heavy (non-hydrogen) atoms. The summed E-state index contributed by atoms with van der Waals surface area (Å²) >= 11 is 0. The number of nitrogens with zero attached hydrogens (tertiary/aromatic N) is 3. The first-order valence-corrected chi connectivity index (χ1v) is 12.8. The first-order chi connectivity index (χ1) is 17.9. The van der Waals surface area contributed by atoms with Crippen LogP contribution in [0.1, 0.15) is 34.5 Å². The molecule has 4 aromatic rings. The second kappa shape index (κ2) is 10.4. The van der Waals surface area contributed by atoms with Gasteiger partial charge in [0.25, 0.3) is 11.5 Å². The molecular weight excluding hydrogens is 468 g/mol. The van der Waals surface area contributed by atoms with E-state index in [4.69, 9.17) is 4.74 Å². The summed E-state index contributed by atoms with van der Waals surface area (Å²) in [5.74, 6) is 0.0610. The minimum absolute atomic E-state index is 0.0279. The van der Waals surface area contributed by atoms with Gasteiger partial charge in [0, 0.05) is 38.1 Å². The number of nitrogens with one attached hydrogen (secondary N) is 1. The van der Waals surface area contributed by atoms with Gasteiger partial charge in [-0.3, -0.25) is 9.59 Å². The van der Waals surface area contributed by atoms with E-state index in [0.717, 1.165) is 48.0 Å². The SMILES string of the molecule is COc1c(C(=O)NC2CCN(CCO)CC2)n(C)c2c1c(=O)n(Cc1ccc(C)cc1)c1ccccc21. The van der Waals surface area contributed by atoms with Gasteiger partial charge in [0.15, 0.2) is 11.4 Å². The summed E-state index contributed by atoms with van der Waals surface area (Å²) in [6.45, 7) is 4.90. The highest BCUT2D eigenvalue weighted by atomic mass is 16.5. The van der Waals surface area contributed by atoms with Gasteiger partial charge in [0.05, 0.1) is 31.3 Å². The molecule has 194 valence electrons. The van der Waals surface area contributed by atoms with Gasteiger partial charge in [0.2, 0.25) is 0 Å². The number of benzene rings is 2. The van der Waals surface area contributed by atoms with Crippen LogP contribution in [0.5, 0.6) is 5.75 Å². The molecule has 2 aromatic heterocycles. The number of ether oxygens (including phenoxy) is 1. The molecule has 1 aliphatic rings. The molecule has 1 fully saturated rings. The van der Waals surface area contributed by atoms with Crippen molar-refractivity contribution in [2.45, 2.75) is 32.4 Å². The van der Waals surface area contributed by atoms with Gasteiger partial charge >= 0.3 is 0 Å². The number of aliphatic hydroxyl groups excluding tert-OH is 1. The van der Waals surface area contributed by atoms with Crippen molar-refractivity contribution in [1.82, 2.24) is 19.4 Å². The largest absolute Gasteiger partial charge is 0.493 e. The number of rotatable bonds is 7. The van der Waals surface area contributed by atoms with Gasteiger partial charge in [-0.15, -0.1) is 0 Å². The third-order valence-corrected chi connectivity index (χ3v) is 7.48. The van der Waals surface area contributed by atoms with E-state index in [1.807, 2.05) is 62.5 Å². The lowest BCUT2D eigenvalue weighted by atomic mass is 10.0. The molecule has 8 heteroatoms. The van der Waals surface area contributed by atoms with E-state index in [1.165, 1.54) is 7.11 Å². The summed E-state index contributed by atoms with van der Waals surface area (Å²) in [5, 5.41) is 13.7. The molecule has 8 nitrogen and oxygen atoms in total. The zero-order valence-electron chi connectivity index (χ0n) is 21.7. The Morgan fingerprint density at radius 1 is 1.11 bits per heavy atom. The number of aromatic nitrogens is 2. The number of methoxy groups -OCH3 is 1. The number of hydrogen-bond acceptors (Lipinski definition) is 5. The number of aliphatic hydroxyl groups is 1. The molecule has 0 radical (unpaired) electrons. The maximum Gasteiger partial charge on any atom is 0.272 e. The van der Waals surface area contributed by atoms with Gasteiger partial charge in [0.1, 0.15) is 5.39 Å². The fourth-order valence-electron chi connectivity index (χ4n) is 5.51. The minimum atomic E-state index is -0.246. The van der Waals surface area contributed by atoms with E-state index >= 15 is 0 Å². The van der Waals surface area contributed by atoms with E-state index in [2.05, 4.69) is 10.2 Å². The second-order valence-corrected chi connectivity index (χ2v) is 9.87. The molecule has 0 bridgehead atoms. The Kier molecular flexibility index (Phi) is 7.04. The van der Waals surface area contributed by atoms with Crippen molar-refractivity contribution in [3.63, 3.8) is 0 Å². The fraction of sp³-hybridized carbons (Fsp3) is 0.379. The average Bonchev–Trinajstić information content (AvgIpc) is 3.21. The summed E-state index contributed by atoms with van der Waals surface area (Å²) in [5.41, 5.74) is 3.87. The number of fused-ring (bicyclic) bond motifs is 3. The van der Waals surface area contributed by atoms with Crippen LogP contribution in [-0.4, -0.2) is 64.4 Å². The Labute approximate surface area is 216 Å². The normalized spacial score (nSPS) is 14.9. The number of hydrogen-bond donors (Lipinski definition) is 2. The van der Waals surface area contributed by atoms with Crippen molar-refractivity contribution < 1.29 is 14.6 Å². The lowest BCUT2D eigenvalue weighted by Crippen LogP contribution is -2.45. The number of likely N-dealkylation sites (tertiary alicyclic amines) is 1. The van der Waals surface area contributed by atoms with Crippen molar-refractivity contribution >= 4 is 27.7 Å². The lowest BCUT2D eigenvalue weighted by Gasteiger charge is -2.31. The molecule has 1 saturated heterocycles. The Hall–Kier alpha value is -3.62. The first-order valence-electron chi connectivity index (χ1n) is 12.8. The van der Waals surface area contributed by atoms with E-state index in [1.54, 1.807) is 9.13 Å². The minimum Gasteiger partial charge on any atom is -0.493 e. The average molecular weight is 503 g/mol. The summed E-state index contributed by atoms with van der Waals surface area (Å²) in [7, 11) is 3.33. The molecule has 0 aliphatic carbocycles. The van der Waals surface area contributed by atoms with Gasteiger partial charge in [-0.1, -0.05) is 48.0 Å². The molecule has 3 heterocycles. The third kappa shape index (κ3) is 4.63. The maximum absolute atomic E-state index is 14.0. The van der Waals surface area contributed by atoms with E-state index in [-0.39, 0.29) is 24.1 Å². The highest BCUT2D eigenvalue weighted by molar-refractivity contribution is 6.12. The van der Waals surface area contributed by atoms with Gasteiger partial charge < -0.3 is 29.2 Å². The predicted molar refractivity (Wildman–Crippen MR) is 146 cm³/mol. The molecule has 2 N–H and O–H groups in total. The summed E-state index contributed by atoms with van der Waals surface area (Å²) in [6.07, 6.45) is 1.62. The number of aryl methyl sites for hydroxylation is 2. The zero-order chi connectivity index (χ0) is 26.1. The van der Waals surface area contributed by atoms with E-state index in [9.17, 15) is 14.7 Å². The molecule has 5 rings (SSSR count). The molecule has 1 aliphatic heterocycles. The van der Waals surface area contributed by atoms with Crippen LogP contribution in [0.15, 0.2) is 53.3 Å². The van der Waals surface area contributed by atoms with Crippen molar-refractivity contribution in [3.8, 4) is 5.75 Å². The van der Waals surface area contributed by atoms with Crippen LogP contribution >= 0.6 is 0 Å². The van der Waals surface area contributed by atoms with Crippen molar-refractivity contribution in [2.24, 2.45) is 7.05 Å². The van der Waals surface area contributed by atoms with Crippen molar-refractivity contribution in [1.29, 1.82) is 0 Å². The first kappa shape index (κ1) is 25.0.